The van der Waals surface area contributed by atoms with E-state index in [1.54, 1.807) is 10.4 Å². The first-order valence-electron chi connectivity index (χ1n) is 8.22. The number of rotatable bonds is 3. The summed E-state index contributed by atoms with van der Waals surface area (Å²) in [5.41, 5.74) is 1.14. The maximum Gasteiger partial charge on any atom is 0.410 e. The summed E-state index contributed by atoms with van der Waals surface area (Å²) in [6.45, 7) is 8.18. The van der Waals surface area contributed by atoms with Crippen LogP contribution in [-0.2, 0) is 24.1 Å². The Labute approximate surface area is 136 Å². The molecule has 0 radical (unpaired) electrons. The van der Waals surface area contributed by atoms with Crippen molar-refractivity contribution >= 4 is 17.4 Å². The molecule has 1 aliphatic heterocycles. The minimum atomic E-state index is -0.417. The van der Waals surface area contributed by atoms with Gasteiger partial charge in [0.25, 0.3) is 0 Å². The summed E-state index contributed by atoms with van der Waals surface area (Å²) in [6, 6.07) is 2.74. The summed E-state index contributed by atoms with van der Waals surface area (Å²) in [5, 5.41) is 3.60. The van der Waals surface area contributed by atoms with Gasteiger partial charge >= 0.3 is 6.09 Å². The number of hydrogen-bond donors (Lipinski definition) is 1. The Morgan fingerprint density at radius 3 is 3.00 bits per heavy atom. The predicted molar refractivity (Wildman–Crippen MR) is 89.4 cm³/mol. The monoisotopic (exact) mass is 322 g/mol. The van der Waals surface area contributed by atoms with Crippen molar-refractivity contribution in [2.24, 2.45) is 0 Å². The lowest BCUT2D eigenvalue weighted by Gasteiger charge is -2.24. The Balaban J connectivity index is 1.45. The Kier molecular flexibility index (Phi) is 4.46. The molecule has 2 heterocycles. The molecule has 1 fully saturated rings. The SMILES string of the molecule is CC(C)(C)OC(=O)N1CCC(NCc2cc3c(s2)CCC3)C1. The van der Waals surface area contributed by atoms with Crippen molar-refractivity contribution in [2.75, 3.05) is 13.1 Å². The molecule has 122 valence electrons. The molecule has 1 atom stereocenters. The second-order valence-corrected chi connectivity index (χ2v) is 8.53. The number of amides is 1. The Hall–Kier alpha value is -1.07. The first-order valence-corrected chi connectivity index (χ1v) is 9.04. The molecule has 0 bridgehead atoms. The number of carbonyl (C=O) groups excluding carboxylic acids is 1. The summed E-state index contributed by atoms with van der Waals surface area (Å²) in [6.07, 6.45) is 4.65. The van der Waals surface area contributed by atoms with Gasteiger partial charge in [0, 0.05) is 35.4 Å². The number of carbonyl (C=O) groups is 1. The van der Waals surface area contributed by atoms with Crippen molar-refractivity contribution in [2.45, 2.75) is 64.6 Å². The van der Waals surface area contributed by atoms with Crippen molar-refractivity contribution in [3.63, 3.8) is 0 Å². The molecule has 0 saturated carbocycles. The van der Waals surface area contributed by atoms with Crippen molar-refractivity contribution in [1.29, 1.82) is 0 Å². The van der Waals surface area contributed by atoms with Gasteiger partial charge in [-0.15, -0.1) is 11.3 Å². The van der Waals surface area contributed by atoms with Crippen LogP contribution in [0.1, 0.15) is 48.9 Å². The second-order valence-electron chi connectivity index (χ2n) is 7.31. The molecular weight excluding hydrogens is 296 g/mol. The van der Waals surface area contributed by atoms with E-state index < -0.39 is 5.60 Å². The van der Waals surface area contributed by atoms with Gasteiger partial charge in [0.05, 0.1) is 0 Å². The van der Waals surface area contributed by atoms with Gasteiger partial charge in [-0.1, -0.05) is 0 Å². The zero-order chi connectivity index (χ0) is 15.7. The van der Waals surface area contributed by atoms with Gasteiger partial charge in [-0.3, -0.25) is 0 Å². The van der Waals surface area contributed by atoms with Gasteiger partial charge < -0.3 is 15.0 Å². The molecule has 1 saturated heterocycles. The quantitative estimate of drug-likeness (QED) is 0.928. The molecule has 1 aromatic heterocycles. The van der Waals surface area contributed by atoms with E-state index in [1.165, 1.54) is 24.1 Å². The standard InChI is InChI=1S/C17H26N2O2S/c1-17(2,3)21-16(20)19-8-7-13(11-19)18-10-14-9-12-5-4-6-15(12)22-14/h9,13,18H,4-8,10-11H2,1-3H3. The Morgan fingerprint density at radius 1 is 1.45 bits per heavy atom. The molecular formula is C17H26N2O2S. The first-order chi connectivity index (χ1) is 10.4. The lowest BCUT2D eigenvalue weighted by molar-refractivity contribution is 0.0291. The maximum absolute atomic E-state index is 12.1. The van der Waals surface area contributed by atoms with Gasteiger partial charge in [-0.2, -0.15) is 0 Å². The molecule has 1 aromatic rings. The fourth-order valence-corrected chi connectivity index (χ4v) is 4.35. The summed E-state index contributed by atoms with van der Waals surface area (Å²) in [5.74, 6) is 0. The van der Waals surface area contributed by atoms with E-state index in [1.807, 2.05) is 37.0 Å². The molecule has 1 amide bonds. The molecule has 5 heteroatoms. The largest absolute Gasteiger partial charge is 0.444 e. The van der Waals surface area contributed by atoms with Crippen LogP contribution < -0.4 is 5.32 Å². The van der Waals surface area contributed by atoms with E-state index >= 15 is 0 Å². The number of likely N-dealkylation sites (tertiary alicyclic amines) is 1. The first kappa shape index (κ1) is 15.8. The second kappa shape index (κ2) is 6.20. The minimum Gasteiger partial charge on any atom is -0.444 e. The lowest BCUT2D eigenvalue weighted by atomic mass is 10.2. The minimum absolute atomic E-state index is 0.188. The van der Waals surface area contributed by atoms with Crippen LogP contribution in [0.3, 0.4) is 0 Å². The zero-order valence-corrected chi connectivity index (χ0v) is 14.6. The fraction of sp³-hybridized carbons (Fsp3) is 0.706. The van der Waals surface area contributed by atoms with Crippen LogP contribution in [0.2, 0.25) is 0 Å². The van der Waals surface area contributed by atoms with Gasteiger partial charge in [-0.25, -0.2) is 4.79 Å². The van der Waals surface area contributed by atoms with Crippen LogP contribution in [0.4, 0.5) is 4.79 Å². The highest BCUT2D eigenvalue weighted by Gasteiger charge is 2.29. The van der Waals surface area contributed by atoms with Crippen LogP contribution in [-0.4, -0.2) is 35.7 Å². The number of fused-ring (bicyclic) bond motifs is 1. The van der Waals surface area contributed by atoms with Crippen LogP contribution in [0.15, 0.2) is 6.07 Å². The Bertz CT molecular complexity index is 526. The van der Waals surface area contributed by atoms with Gasteiger partial charge in [0.15, 0.2) is 0 Å². The van der Waals surface area contributed by atoms with E-state index in [-0.39, 0.29) is 6.09 Å². The van der Waals surface area contributed by atoms with E-state index in [9.17, 15) is 4.79 Å². The number of ether oxygens (including phenoxy) is 1. The van der Waals surface area contributed by atoms with E-state index in [0.29, 0.717) is 6.04 Å². The van der Waals surface area contributed by atoms with Crippen LogP contribution in [0.25, 0.3) is 0 Å². The smallest absolute Gasteiger partial charge is 0.410 e. The van der Waals surface area contributed by atoms with Gasteiger partial charge in [0.2, 0.25) is 0 Å². The Morgan fingerprint density at radius 2 is 2.27 bits per heavy atom. The van der Waals surface area contributed by atoms with E-state index in [0.717, 1.165) is 26.1 Å². The van der Waals surface area contributed by atoms with Crippen molar-refractivity contribution in [3.05, 3.63) is 21.4 Å². The molecule has 4 nitrogen and oxygen atoms in total. The molecule has 0 aromatic carbocycles. The van der Waals surface area contributed by atoms with E-state index in [4.69, 9.17) is 4.74 Å². The van der Waals surface area contributed by atoms with Crippen LogP contribution in [0, 0.1) is 0 Å². The number of aryl methyl sites for hydroxylation is 2. The third-order valence-electron chi connectivity index (χ3n) is 4.20. The lowest BCUT2D eigenvalue weighted by Crippen LogP contribution is -2.38. The highest BCUT2D eigenvalue weighted by Crippen LogP contribution is 2.30. The van der Waals surface area contributed by atoms with E-state index in [2.05, 4.69) is 11.4 Å². The fourth-order valence-electron chi connectivity index (χ4n) is 3.14. The third kappa shape index (κ3) is 3.82. The highest BCUT2D eigenvalue weighted by molar-refractivity contribution is 7.12. The number of thiophene rings is 1. The average molecular weight is 322 g/mol. The molecule has 0 spiro atoms. The molecule has 1 N–H and O–H groups in total. The summed E-state index contributed by atoms with van der Waals surface area (Å²) in [4.78, 5) is 16.9. The summed E-state index contributed by atoms with van der Waals surface area (Å²) >= 11 is 1.95. The number of nitrogens with one attached hydrogen (secondary N) is 1. The van der Waals surface area contributed by atoms with Gasteiger partial charge in [0.1, 0.15) is 5.60 Å². The van der Waals surface area contributed by atoms with Crippen molar-refractivity contribution < 1.29 is 9.53 Å². The molecule has 1 unspecified atom stereocenters. The molecule has 3 rings (SSSR count). The predicted octanol–water partition coefficient (Wildman–Crippen LogP) is 3.34. The van der Waals surface area contributed by atoms with Gasteiger partial charge in [-0.05, 0) is 58.1 Å². The summed E-state index contributed by atoms with van der Waals surface area (Å²) < 4.78 is 5.44. The van der Waals surface area contributed by atoms with Crippen LogP contribution >= 0.6 is 11.3 Å². The highest BCUT2D eigenvalue weighted by atomic mass is 32.1. The third-order valence-corrected chi connectivity index (χ3v) is 5.44. The molecule has 1 aliphatic carbocycles. The average Bonchev–Trinajstić information content (AvgIpc) is 3.09. The van der Waals surface area contributed by atoms with Crippen molar-refractivity contribution in [3.8, 4) is 0 Å². The number of hydrogen-bond acceptors (Lipinski definition) is 4. The maximum atomic E-state index is 12.1. The van der Waals surface area contributed by atoms with Crippen LogP contribution in [0.5, 0.6) is 0 Å². The molecule has 2 aliphatic rings. The normalized spacial score (nSPS) is 21.2. The topological polar surface area (TPSA) is 41.6 Å². The van der Waals surface area contributed by atoms with Crippen molar-refractivity contribution in [1.82, 2.24) is 10.2 Å². The zero-order valence-electron chi connectivity index (χ0n) is 13.8. The molecule has 22 heavy (non-hydrogen) atoms. The number of nitrogens with zero attached hydrogens (tertiary/aromatic N) is 1. The summed E-state index contributed by atoms with van der Waals surface area (Å²) in [7, 11) is 0.